The number of allylic oxidation sites excluding steroid dienone is 1. The summed E-state index contributed by atoms with van der Waals surface area (Å²) in [4.78, 5) is 55.4. The van der Waals surface area contributed by atoms with Gasteiger partial charge >= 0.3 is 11.9 Å². The van der Waals surface area contributed by atoms with Gasteiger partial charge in [-0.2, -0.15) is 30.5 Å². The number of fused-ring (bicyclic) bond motifs is 1. The minimum atomic E-state index is -4.70. The van der Waals surface area contributed by atoms with Crippen molar-refractivity contribution in [1.29, 1.82) is 0 Å². The molecule has 50 heteroatoms. The van der Waals surface area contributed by atoms with Crippen LogP contribution in [0.15, 0.2) is 136 Å². The third-order valence-corrected chi connectivity index (χ3v) is 27.4. The van der Waals surface area contributed by atoms with Gasteiger partial charge in [-0.15, -0.1) is 0 Å². The number of aromatic nitrogens is 2. The number of nitro benzene ring substituents is 3. The highest BCUT2D eigenvalue weighted by Crippen LogP contribution is 2.46. The number of nitrogens with one attached hydrogen (secondary N) is 4. The van der Waals surface area contributed by atoms with Crippen molar-refractivity contribution in [3.05, 3.63) is 179 Å². The molecule has 0 saturated carbocycles. The molecule has 4 aliphatic heterocycles. The van der Waals surface area contributed by atoms with E-state index in [0.717, 1.165) is 78.3 Å². The third-order valence-electron chi connectivity index (χ3n) is 20.2. The first-order valence-electron chi connectivity index (χ1n) is 37.7. The van der Waals surface area contributed by atoms with Gasteiger partial charge in [0.05, 0.1) is 104 Å². The molecule has 3 atom stereocenters. The zero-order chi connectivity index (χ0) is 90.5. The van der Waals surface area contributed by atoms with Gasteiger partial charge in [0.15, 0.2) is 0 Å². The molecule has 123 heavy (non-hydrogen) atoms. The van der Waals surface area contributed by atoms with Crippen LogP contribution in [-0.2, 0) is 80.5 Å². The van der Waals surface area contributed by atoms with E-state index in [1.54, 1.807) is 30.5 Å². The molecule has 674 valence electrons. The summed E-state index contributed by atoms with van der Waals surface area (Å²) < 4.78 is 223. The Morgan fingerprint density at radius 3 is 1.63 bits per heavy atom. The number of hydrogen-bond acceptors (Lipinski definition) is 29. The first-order valence-corrected chi connectivity index (χ1v) is 48.2. The summed E-state index contributed by atoms with van der Waals surface area (Å²) in [5, 5.41) is 49.8. The first kappa shape index (κ1) is 97.5. The van der Waals surface area contributed by atoms with Crippen LogP contribution in [0, 0.1) is 41.6 Å². The number of halogens is 5. The van der Waals surface area contributed by atoms with E-state index in [0.29, 0.717) is 120 Å². The maximum atomic E-state index is 14.0. The van der Waals surface area contributed by atoms with Crippen molar-refractivity contribution in [1.82, 2.24) is 32.5 Å². The van der Waals surface area contributed by atoms with Gasteiger partial charge in [0.25, 0.3) is 27.3 Å². The number of primary sulfonamides is 2. The average molecular weight is 1870 g/mol. The van der Waals surface area contributed by atoms with Gasteiger partial charge in [-0.3, -0.25) is 40.0 Å². The first-order chi connectivity index (χ1) is 57.4. The summed E-state index contributed by atoms with van der Waals surface area (Å²) in [6.07, 6.45) is 5.07. The summed E-state index contributed by atoms with van der Waals surface area (Å²) in [6, 6.07) is 20.4. The number of ether oxygens (including phenoxy) is 4. The van der Waals surface area contributed by atoms with Gasteiger partial charge in [-0.05, 0) is 134 Å². The molecule has 5 aliphatic rings. The topological polar surface area (TPSA) is 547 Å². The predicted octanol–water partition coefficient (Wildman–Crippen LogP) is 7.38. The van der Waals surface area contributed by atoms with E-state index >= 15 is 0 Å². The average Bonchev–Trinajstić information content (AvgIpc) is 1.72. The molecule has 10 N–H and O–H groups in total. The summed E-state index contributed by atoms with van der Waals surface area (Å²) in [7, 11) is -22.6. The number of piperazine rings is 1. The SMILES string of the molecule is CC1(C)CCC(CN2CCN(c3ccc(C(=O)NS(=O)(=O)c4ccc(NCCC5CN(S(C)(=O)=O)CCO5)c([N+](=O)[O-])c4)c(Oc4cnc5[nH]ccc5c4)c3)CC2)=C(c2ccc(C(F)(F)F)cc2Cl)C1.CS(=O)(=O)N1CCOC(CCN)C1.CS(=O)(=O)N1CCOC(CCNc2ccc(S(N)(=O)=O)cc2[N+](=O)[O-])C1.NS(=O)(=O)c1ccc(F)c([N+](=O)[O-])c1. The van der Waals surface area contributed by atoms with E-state index in [2.05, 4.69) is 44.2 Å². The number of nitrogens with zero attached hydrogens (tertiary/aromatic N) is 9. The quantitative estimate of drug-likeness (QED) is 0.0150. The Balaban J connectivity index is 0.000000259. The number of sulfonamides is 6. The Kier molecular flexibility index (Phi) is 32.3. The van der Waals surface area contributed by atoms with E-state index in [-0.39, 0.29) is 102 Å². The molecular weight excluding hydrogens is 1770 g/mol. The lowest BCUT2D eigenvalue weighted by Crippen LogP contribution is -2.47. The molecule has 1 aliphatic carbocycles. The third kappa shape index (κ3) is 27.6. The smallest absolute Gasteiger partial charge is 0.416 e. The lowest BCUT2D eigenvalue weighted by Gasteiger charge is -2.39. The molecule has 7 aromatic rings. The molecule has 0 spiro atoms. The van der Waals surface area contributed by atoms with Crippen LogP contribution in [0.4, 0.5) is 51.7 Å². The van der Waals surface area contributed by atoms with E-state index in [1.165, 1.54) is 55.7 Å². The van der Waals surface area contributed by atoms with Crippen LogP contribution in [0.5, 0.6) is 11.5 Å². The van der Waals surface area contributed by atoms with Crippen LogP contribution >= 0.6 is 11.6 Å². The molecular formula is C73H93ClF4N16O23S6. The summed E-state index contributed by atoms with van der Waals surface area (Å²) in [5.41, 5.74) is 6.60. The highest BCUT2D eigenvalue weighted by Gasteiger charge is 2.36. The zero-order valence-corrected chi connectivity index (χ0v) is 72.6. The predicted molar refractivity (Wildman–Crippen MR) is 447 cm³/mol. The number of alkyl halides is 3. The molecule has 5 aromatic carbocycles. The molecule has 1 amide bonds. The number of anilines is 3. The number of pyridine rings is 1. The fraction of sp³-hybridized carbons (Fsp3) is 0.452. The number of morpholine rings is 3. The monoisotopic (exact) mass is 1860 g/mol. The molecule has 0 radical (unpaired) electrons. The van der Waals surface area contributed by atoms with Gasteiger partial charge in [0.1, 0.15) is 28.5 Å². The van der Waals surface area contributed by atoms with Gasteiger partial charge in [-0.25, -0.2) is 70.5 Å². The second kappa shape index (κ2) is 40.8. The molecule has 3 unspecified atom stereocenters. The van der Waals surface area contributed by atoms with Crippen molar-refractivity contribution in [3.63, 3.8) is 0 Å². The fourth-order valence-electron chi connectivity index (χ4n) is 13.7. The summed E-state index contributed by atoms with van der Waals surface area (Å²) >= 11 is 6.53. The van der Waals surface area contributed by atoms with Gasteiger partial charge in [0.2, 0.25) is 55.9 Å². The second-order valence-electron chi connectivity index (χ2n) is 29.9. The lowest BCUT2D eigenvalue weighted by molar-refractivity contribution is -0.387. The Bertz CT molecular complexity index is 5820. The largest absolute Gasteiger partial charge is 0.455 e. The van der Waals surface area contributed by atoms with Crippen LogP contribution in [0.25, 0.3) is 16.6 Å². The summed E-state index contributed by atoms with van der Waals surface area (Å²) in [5.74, 6) is -1.89. The van der Waals surface area contributed by atoms with E-state index in [4.69, 9.17) is 46.6 Å². The highest BCUT2D eigenvalue weighted by atomic mass is 35.5. The zero-order valence-electron chi connectivity index (χ0n) is 67.0. The van der Waals surface area contributed by atoms with Crippen molar-refractivity contribution >= 4 is 128 Å². The number of benzene rings is 5. The molecule has 0 bridgehead atoms. The van der Waals surface area contributed by atoms with Gasteiger partial charge < -0.3 is 45.2 Å². The van der Waals surface area contributed by atoms with Crippen LogP contribution in [0.3, 0.4) is 0 Å². The highest BCUT2D eigenvalue weighted by molar-refractivity contribution is 7.90. The van der Waals surface area contributed by atoms with Crippen LogP contribution in [-0.4, -0.2) is 247 Å². The minimum absolute atomic E-state index is 0.00842. The van der Waals surface area contributed by atoms with Crippen LogP contribution in [0.2, 0.25) is 5.02 Å². The second-order valence-corrected chi connectivity index (χ2v) is 41.0. The Labute approximate surface area is 712 Å². The van der Waals surface area contributed by atoms with Gasteiger partial charge in [0, 0.05) is 132 Å². The van der Waals surface area contributed by atoms with E-state index in [9.17, 15) is 103 Å². The number of carbonyl (C=O) groups is 1. The van der Waals surface area contributed by atoms with Crippen LogP contribution < -0.4 is 41.0 Å². The number of rotatable bonds is 27. The molecule has 12 rings (SSSR count). The number of hydrogen-bond donors (Lipinski definition) is 7. The molecule has 6 heterocycles. The number of nitro groups is 3. The number of carbonyl (C=O) groups excluding carboxylic acids is 1. The number of amides is 1. The Hall–Kier alpha value is -9.29. The van der Waals surface area contributed by atoms with E-state index in [1.807, 2.05) is 4.72 Å². The summed E-state index contributed by atoms with van der Waals surface area (Å²) in [6.45, 7) is 10.9. The van der Waals surface area contributed by atoms with Crippen LogP contribution in [0.1, 0.15) is 73.9 Å². The maximum absolute atomic E-state index is 14.0. The van der Waals surface area contributed by atoms with Crippen molar-refractivity contribution < 1.29 is 107 Å². The normalized spacial score (nSPS) is 18.6. The van der Waals surface area contributed by atoms with Gasteiger partial charge in [-0.1, -0.05) is 37.1 Å². The maximum Gasteiger partial charge on any atom is 0.416 e. The minimum Gasteiger partial charge on any atom is -0.455 e. The number of H-pyrrole nitrogens is 1. The number of nitrogens with two attached hydrogens (primary N) is 3. The fourth-order valence-corrected chi connectivity index (χ4v) is 18.6. The number of aromatic amines is 1. The van der Waals surface area contributed by atoms with E-state index < -0.39 is 131 Å². The van der Waals surface area contributed by atoms with Crippen molar-refractivity contribution in [3.8, 4) is 11.5 Å². The molecule has 39 nitrogen and oxygen atoms in total. The standard InChI is InChI=1S/C47H52ClF3N8O9S2.C13H20N4O7S2.C7H16N2O3S.C6H5FN2O4S/c1-46(2)13-10-31(39(26-46)37-7-4-32(23-40(37)48)47(49,50)51)28-56-16-18-57(19-17-56)33-5-8-38(43(24-33)68-35-22-30-11-14-53-44(30)54-27-35)45(60)55-70(65,66)36-6-9-41(42(25-36)59(61)62)52-15-12-34-29-58(20-21-67-34)69(3,63)64;1-25(20,21)16-6-7-24-10(9-16)4-5-15-12-3-2-11(26(14,22)23)8-13(12)17(18)19;1-13(10,11)9-4-5-12-7(6-9)2-3-8;7-5-2-1-4(14(8,12)13)3-6(5)9(10)11/h4-9,11,14,22-25,27,34,52H,10,12-13,15-21,26,28-29H2,1-3H3,(H,53,54)(H,55,60);2-3,8,10,15H,4-7,9H2,1H3,(H2,14,22,23);7H,2-6,8H2,1H3;1-3H,(H2,8,12,13). The van der Waals surface area contributed by atoms with Crippen molar-refractivity contribution in [2.45, 2.75) is 91.5 Å². The molecule has 4 fully saturated rings. The van der Waals surface area contributed by atoms with Crippen molar-refractivity contribution in [2.24, 2.45) is 21.4 Å². The Morgan fingerprint density at radius 1 is 0.642 bits per heavy atom. The lowest BCUT2D eigenvalue weighted by atomic mass is 9.72. The molecule has 2 aromatic heterocycles. The van der Waals surface area contributed by atoms with Crippen molar-refractivity contribution in [2.75, 3.05) is 146 Å². The Morgan fingerprint density at radius 2 is 1.14 bits per heavy atom. The molecule has 4 saturated heterocycles.